The SMILES string of the molecule is C[C@H](OC(=O)c1cccc(N2CCCC2=O)c1)C(=O)NCc1ccc(F)cc1. The van der Waals surface area contributed by atoms with Crippen LogP contribution >= 0.6 is 0 Å². The van der Waals surface area contributed by atoms with E-state index in [0.29, 0.717) is 18.7 Å². The van der Waals surface area contributed by atoms with E-state index in [2.05, 4.69) is 5.32 Å². The lowest BCUT2D eigenvalue weighted by Gasteiger charge is -2.17. The molecule has 28 heavy (non-hydrogen) atoms. The standard InChI is InChI=1S/C21H21FN2O4/c1-14(20(26)23-13-15-7-9-17(22)10-8-15)28-21(27)16-4-2-5-18(12-16)24-11-3-6-19(24)25/h2,4-5,7-10,12,14H,3,6,11,13H2,1H3,(H,23,26)/t14-/m0/s1. The molecular weight excluding hydrogens is 363 g/mol. The van der Waals surface area contributed by atoms with Crippen LogP contribution in [0.15, 0.2) is 48.5 Å². The molecule has 0 aliphatic carbocycles. The highest BCUT2D eigenvalue weighted by atomic mass is 19.1. The van der Waals surface area contributed by atoms with Crippen LogP contribution in [0.5, 0.6) is 0 Å². The summed E-state index contributed by atoms with van der Waals surface area (Å²) in [5, 5.41) is 2.65. The van der Waals surface area contributed by atoms with Crippen LogP contribution < -0.4 is 10.2 Å². The molecule has 1 atom stereocenters. The fourth-order valence-corrected chi connectivity index (χ4v) is 2.94. The zero-order chi connectivity index (χ0) is 20.1. The van der Waals surface area contributed by atoms with Crippen molar-refractivity contribution in [1.29, 1.82) is 0 Å². The molecule has 1 heterocycles. The zero-order valence-electron chi connectivity index (χ0n) is 15.5. The molecule has 2 aromatic rings. The fourth-order valence-electron chi connectivity index (χ4n) is 2.94. The van der Waals surface area contributed by atoms with Crippen LogP contribution in [0.1, 0.15) is 35.7 Å². The Labute approximate surface area is 162 Å². The van der Waals surface area contributed by atoms with Gasteiger partial charge in [0.05, 0.1) is 5.56 Å². The average molecular weight is 384 g/mol. The average Bonchev–Trinajstić information content (AvgIpc) is 3.13. The first-order chi connectivity index (χ1) is 13.4. The van der Waals surface area contributed by atoms with E-state index in [1.165, 1.54) is 19.1 Å². The van der Waals surface area contributed by atoms with E-state index in [4.69, 9.17) is 4.74 Å². The Morgan fingerprint density at radius 2 is 1.96 bits per heavy atom. The van der Waals surface area contributed by atoms with Crippen molar-refractivity contribution in [1.82, 2.24) is 5.32 Å². The summed E-state index contributed by atoms with van der Waals surface area (Å²) >= 11 is 0. The van der Waals surface area contributed by atoms with E-state index in [-0.39, 0.29) is 23.8 Å². The molecule has 1 aliphatic heterocycles. The first-order valence-corrected chi connectivity index (χ1v) is 9.07. The predicted octanol–water partition coefficient (Wildman–Crippen LogP) is 2.81. The highest BCUT2D eigenvalue weighted by Crippen LogP contribution is 2.22. The summed E-state index contributed by atoms with van der Waals surface area (Å²) in [6.45, 7) is 2.30. The Morgan fingerprint density at radius 1 is 1.21 bits per heavy atom. The third kappa shape index (κ3) is 4.73. The monoisotopic (exact) mass is 384 g/mol. The molecular formula is C21H21FN2O4. The van der Waals surface area contributed by atoms with Gasteiger partial charge in [0.2, 0.25) is 5.91 Å². The van der Waals surface area contributed by atoms with Crippen molar-refractivity contribution in [3.8, 4) is 0 Å². The molecule has 1 saturated heterocycles. The van der Waals surface area contributed by atoms with Gasteiger partial charge in [0.1, 0.15) is 5.82 Å². The van der Waals surface area contributed by atoms with Crippen molar-refractivity contribution in [2.45, 2.75) is 32.4 Å². The molecule has 0 bridgehead atoms. The first kappa shape index (κ1) is 19.5. The molecule has 0 aromatic heterocycles. The van der Waals surface area contributed by atoms with Crippen LogP contribution in [-0.4, -0.2) is 30.4 Å². The van der Waals surface area contributed by atoms with Crippen molar-refractivity contribution in [3.63, 3.8) is 0 Å². The molecule has 3 rings (SSSR count). The van der Waals surface area contributed by atoms with Gasteiger partial charge < -0.3 is 15.0 Å². The van der Waals surface area contributed by atoms with Crippen LogP contribution in [0, 0.1) is 5.82 Å². The van der Waals surface area contributed by atoms with E-state index in [9.17, 15) is 18.8 Å². The van der Waals surface area contributed by atoms with Crippen LogP contribution in [-0.2, 0) is 20.9 Å². The first-order valence-electron chi connectivity index (χ1n) is 9.07. The summed E-state index contributed by atoms with van der Waals surface area (Å²) in [7, 11) is 0. The van der Waals surface area contributed by atoms with Gasteiger partial charge in [-0.15, -0.1) is 0 Å². The number of nitrogens with one attached hydrogen (secondary N) is 1. The van der Waals surface area contributed by atoms with Gasteiger partial charge in [-0.05, 0) is 49.2 Å². The summed E-state index contributed by atoms with van der Waals surface area (Å²) in [5.74, 6) is -1.42. The molecule has 146 valence electrons. The van der Waals surface area contributed by atoms with Crippen molar-refractivity contribution in [3.05, 3.63) is 65.5 Å². The van der Waals surface area contributed by atoms with Gasteiger partial charge in [0.25, 0.3) is 5.91 Å². The second-order valence-electron chi connectivity index (χ2n) is 6.59. The van der Waals surface area contributed by atoms with E-state index in [0.717, 1.165) is 12.0 Å². The largest absolute Gasteiger partial charge is 0.449 e. The third-order valence-corrected chi connectivity index (χ3v) is 4.50. The van der Waals surface area contributed by atoms with Crippen molar-refractivity contribution in [2.75, 3.05) is 11.4 Å². The Bertz CT molecular complexity index is 882. The molecule has 1 aliphatic rings. The molecule has 7 heteroatoms. The van der Waals surface area contributed by atoms with Gasteiger partial charge in [-0.3, -0.25) is 9.59 Å². The number of rotatable bonds is 6. The number of anilines is 1. The van der Waals surface area contributed by atoms with Crippen LogP contribution in [0.25, 0.3) is 0 Å². The van der Waals surface area contributed by atoms with Gasteiger partial charge in [-0.1, -0.05) is 18.2 Å². The summed E-state index contributed by atoms with van der Waals surface area (Å²) in [4.78, 5) is 38.0. The predicted molar refractivity (Wildman–Crippen MR) is 101 cm³/mol. The summed E-state index contributed by atoms with van der Waals surface area (Å²) in [5.41, 5.74) is 1.65. The normalized spacial score (nSPS) is 14.6. The Hall–Kier alpha value is -3.22. The maximum Gasteiger partial charge on any atom is 0.338 e. The molecule has 0 radical (unpaired) electrons. The summed E-state index contributed by atoms with van der Waals surface area (Å²) in [6, 6.07) is 12.4. The highest BCUT2D eigenvalue weighted by molar-refractivity contribution is 5.98. The van der Waals surface area contributed by atoms with Gasteiger partial charge in [-0.2, -0.15) is 0 Å². The number of nitrogens with zero attached hydrogens (tertiary/aromatic N) is 1. The maximum absolute atomic E-state index is 12.9. The van der Waals surface area contributed by atoms with E-state index >= 15 is 0 Å². The lowest BCUT2D eigenvalue weighted by molar-refractivity contribution is -0.129. The number of halogens is 1. The van der Waals surface area contributed by atoms with Crippen molar-refractivity contribution < 1.29 is 23.5 Å². The Balaban J connectivity index is 1.56. The van der Waals surface area contributed by atoms with Crippen LogP contribution in [0.2, 0.25) is 0 Å². The van der Waals surface area contributed by atoms with Crippen LogP contribution in [0.4, 0.5) is 10.1 Å². The van der Waals surface area contributed by atoms with Crippen molar-refractivity contribution >= 4 is 23.5 Å². The Morgan fingerprint density at radius 3 is 2.64 bits per heavy atom. The second kappa shape index (κ2) is 8.65. The lowest BCUT2D eigenvalue weighted by Crippen LogP contribution is -2.35. The number of hydrogen-bond donors (Lipinski definition) is 1. The molecule has 0 unspecified atom stereocenters. The van der Waals surface area contributed by atoms with E-state index in [1.54, 1.807) is 41.3 Å². The minimum absolute atomic E-state index is 0.0269. The molecule has 1 fully saturated rings. The van der Waals surface area contributed by atoms with Gasteiger partial charge in [0, 0.05) is 25.2 Å². The molecule has 0 spiro atoms. The Kier molecular flexibility index (Phi) is 6.03. The topological polar surface area (TPSA) is 75.7 Å². The van der Waals surface area contributed by atoms with Crippen molar-refractivity contribution in [2.24, 2.45) is 0 Å². The number of esters is 1. The third-order valence-electron chi connectivity index (χ3n) is 4.50. The number of benzene rings is 2. The van der Waals surface area contributed by atoms with Gasteiger partial charge in [-0.25, -0.2) is 9.18 Å². The van der Waals surface area contributed by atoms with Gasteiger partial charge >= 0.3 is 5.97 Å². The molecule has 2 aromatic carbocycles. The molecule has 1 N–H and O–H groups in total. The highest BCUT2D eigenvalue weighted by Gasteiger charge is 2.23. The summed E-state index contributed by atoms with van der Waals surface area (Å²) < 4.78 is 18.1. The molecule has 2 amide bonds. The van der Waals surface area contributed by atoms with Crippen LogP contribution in [0.3, 0.4) is 0 Å². The smallest absolute Gasteiger partial charge is 0.338 e. The lowest BCUT2D eigenvalue weighted by atomic mass is 10.2. The van der Waals surface area contributed by atoms with Gasteiger partial charge in [0.15, 0.2) is 6.10 Å². The molecule has 6 nitrogen and oxygen atoms in total. The number of carbonyl (C=O) groups is 3. The van der Waals surface area contributed by atoms with E-state index < -0.39 is 18.0 Å². The quantitative estimate of drug-likeness (QED) is 0.777. The summed E-state index contributed by atoms with van der Waals surface area (Å²) in [6.07, 6.45) is 0.295. The number of amides is 2. The number of hydrogen-bond acceptors (Lipinski definition) is 4. The number of ether oxygens (including phenoxy) is 1. The minimum Gasteiger partial charge on any atom is -0.449 e. The zero-order valence-corrected chi connectivity index (χ0v) is 15.5. The van der Waals surface area contributed by atoms with E-state index in [1.807, 2.05) is 0 Å². The maximum atomic E-state index is 12.9. The second-order valence-corrected chi connectivity index (χ2v) is 6.59. The minimum atomic E-state index is -0.995. The molecule has 0 saturated carbocycles. The fraction of sp³-hybridized carbons (Fsp3) is 0.286. The number of carbonyl (C=O) groups excluding carboxylic acids is 3.